The standard InChI is InChI=1S/C22H20N8O3/c1-2-24-22(32)27-18-11-15(21-30-29-20(33-21)13-6-4-3-5-7-13)16(12-26-18)14-8-9-25-17(10-14)19(31)28-23/h3-12H,2,23H2,1H3,(H,28,31)(H2,24,26,27,32). The Kier molecular flexibility index (Phi) is 6.32. The van der Waals surface area contributed by atoms with Gasteiger partial charge in [-0.3, -0.25) is 20.5 Å². The van der Waals surface area contributed by atoms with Gasteiger partial charge in [-0.1, -0.05) is 18.2 Å². The van der Waals surface area contributed by atoms with Crippen molar-refractivity contribution in [3.05, 3.63) is 66.6 Å². The minimum Gasteiger partial charge on any atom is -0.416 e. The first-order valence-electron chi connectivity index (χ1n) is 10.0. The molecule has 1 aromatic carbocycles. The van der Waals surface area contributed by atoms with Crippen molar-refractivity contribution in [3.8, 4) is 34.0 Å². The van der Waals surface area contributed by atoms with Gasteiger partial charge >= 0.3 is 6.03 Å². The molecule has 4 aromatic rings. The third-order valence-corrected chi connectivity index (χ3v) is 4.59. The van der Waals surface area contributed by atoms with E-state index in [4.69, 9.17) is 10.3 Å². The van der Waals surface area contributed by atoms with Crippen LogP contribution in [0.5, 0.6) is 0 Å². The molecule has 3 heterocycles. The Morgan fingerprint density at radius 2 is 1.76 bits per heavy atom. The molecule has 0 atom stereocenters. The number of hydrazine groups is 1. The van der Waals surface area contributed by atoms with Crippen molar-refractivity contribution in [2.75, 3.05) is 11.9 Å². The van der Waals surface area contributed by atoms with Gasteiger partial charge in [0.2, 0.25) is 11.8 Å². The number of aromatic nitrogens is 4. The molecule has 0 fully saturated rings. The van der Waals surface area contributed by atoms with Gasteiger partial charge in [0.1, 0.15) is 11.5 Å². The maximum Gasteiger partial charge on any atom is 0.320 e. The van der Waals surface area contributed by atoms with Crippen molar-refractivity contribution in [2.24, 2.45) is 5.84 Å². The average Bonchev–Trinajstić information content (AvgIpc) is 3.34. The van der Waals surface area contributed by atoms with Gasteiger partial charge < -0.3 is 9.73 Å². The molecule has 0 bridgehead atoms. The number of anilines is 1. The van der Waals surface area contributed by atoms with Crippen LogP contribution in [0, 0.1) is 0 Å². The molecule has 3 aromatic heterocycles. The zero-order chi connectivity index (χ0) is 23.2. The summed E-state index contributed by atoms with van der Waals surface area (Å²) < 4.78 is 5.93. The van der Waals surface area contributed by atoms with Gasteiger partial charge in [0.15, 0.2) is 0 Å². The van der Waals surface area contributed by atoms with Gasteiger partial charge in [-0.15, -0.1) is 10.2 Å². The van der Waals surface area contributed by atoms with E-state index in [0.29, 0.717) is 29.1 Å². The van der Waals surface area contributed by atoms with Crippen LogP contribution in [0.4, 0.5) is 10.6 Å². The van der Waals surface area contributed by atoms with E-state index in [1.54, 1.807) is 24.4 Å². The summed E-state index contributed by atoms with van der Waals surface area (Å²) in [6.45, 7) is 2.27. The van der Waals surface area contributed by atoms with Crippen LogP contribution >= 0.6 is 0 Å². The number of nitrogen functional groups attached to an aromatic ring is 1. The number of rotatable bonds is 6. The fourth-order valence-corrected chi connectivity index (χ4v) is 3.08. The van der Waals surface area contributed by atoms with Gasteiger partial charge in [0.05, 0.1) is 5.56 Å². The molecule has 11 heteroatoms. The number of carbonyl (C=O) groups excluding carboxylic acids is 2. The smallest absolute Gasteiger partial charge is 0.320 e. The number of hydrogen-bond acceptors (Lipinski definition) is 8. The molecule has 33 heavy (non-hydrogen) atoms. The molecule has 3 amide bonds. The Morgan fingerprint density at radius 3 is 2.52 bits per heavy atom. The molecule has 0 saturated carbocycles. The average molecular weight is 444 g/mol. The molecule has 4 rings (SSSR count). The molecule has 0 unspecified atom stereocenters. The van der Waals surface area contributed by atoms with Crippen LogP contribution < -0.4 is 21.9 Å². The van der Waals surface area contributed by atoms with E-state index in [-0.39, 0.29) is 17.4 Å². The minimum atomic E-state index is -0.537. The number of carbonyl (C=O) groups is 2. The quantitative estimate of drug-likeness (QED) is 0.200. The Balaban J connectivity index is 1.80. The third kappa shape index (κ3) is 4.83. The number of benzene rings is 1. The van der Waals surface area contributed by atoms with Crippen LogP contribution in [0.25, 0.3) is 34.0 Å². The normalized spacial score (nSPS) is 10.5. The highest BCUT2D eigenvalue weighted by molar-refractivity contribution is 5.94. The van der Waals surface area contributed by atoms with E-state index >= 15 is 0 Å². The lowest BCUT2D eigenvalue weighted by Gasteiger charge is -2.11. The van der Waals surface area contributed by atoms with E-state index in [1.165, 1.54) is 6.20 Å². The summed E-state index contributed by atoms with van der Waals surface area (Å²) in [6.07, 6.45) is 3.02. The van der Waals surface area contributed by atoms with Crippen LogP contribution in [-0.2, 0) is 0 Å². The molecule has 166 valence electrons. The van der Waals surface area contributed by atoms with E-state index in [2.05, 4.69) is 36.2 Å². The van der Waals surface area contributed by atoms with Crippen molar-refractivity contribution in [2.45, 2.75) is 6.92 Å². The van der Waals surface area contributed by atoms with E-state index < -0.39 is 11.9 Å². The van der Waals surface area contributed by atoms with Crippen LogP contribution in [0.3, 0.4) is 0 Å². The van der Waals surface area contributed by atoms with Crippen LogP contribution in [0.15, 0.2) is 65.3 Å². The second-order valence-corrected chi connectivity index (χ2v) is 6.78. The van der Waals surface area contributed by atoms with Gasteiger partial charge in [-0.05, 0) is 42.8 Å². The largest absolute Gasteiger partial charge is 0.416 e. The van der Waals surface area contributed by atoms with Gasteiger partial charge in [0.25, 0.3) is 5.91 Å². The lowest BCUT2D eigenvalue weighted by molar-refractivity contribution is 0.0948. The molecular weight excluding hydrogens is 424 g/mol. The van der Waals surface area contributed by atoms with Gasteiger partial charge in [0, 0.05) is 30.1 Å². The number of hydrogen-bond donors (Lipinski definition) is 4. The summed E-state index contributed by atoms with van der Waals surface area (Å²) in [5.74, 6) is 5.53. The van der Waals surface area contributed by atoms with Gasteiger partial charge in [-0.2, -0.15) is 0 Å². The fraction of sp³-hybridized carbons (Fsp3) is 0.0909. The summed E-state index contributed by atoms with van der Waals surface area (Å²) >= 11 is 0. The maximum absolute atomic E-state index is 12.0. The molecule has 0 aliphatic heterocycles. The zero-order valence-corrected chi connectivity index (χ0v) is 17.6. The van der Waals surface area contributed by atoms with Crippen molar-refractivity contribution in [3.63, 3.8) is 0 Å². The Bertz CT molecular complexity index is 1290. The number of urea groups is 1. The Morgan fingerprint density at radius 1 is 0.970 bits per heavy atom. The van der Waals surface area contributed by atoms with Crippen molar-refractivity contribution < 1.29 is 14.0 Å². The molecule has 0 spiro atoms. The first kappa shape index (κ1) is 21.6. The fourth-order valence-electron chi connectivity index (χ4n) is 3.08. The molecule has 0 aliphatic carbocycles. The monoisotopic (exact) mass is 444 g/mol. The number of nitrogens with two attached hydrogens (primary N) is 1. The van der Waals surface area contributed by atoms with E-state index in [9.17, 15) is 9.59 Å². The van der Waals surface area contributed by atoms with E-state index in [1.807, 2.05) is 37.3 Å². The number of amides is 3. The third-order valence-electron chi connectivity index (χ3n) is 4.59. The molecular formula is C22H20N8O3. The highest BCUT2D eigenvalue weighted by atomic mass is 16.4. The summed E-state index contributed by atoms with van der Waals surface area (Å²) in [6, 6.07) is 13.8. The second-order valence-electron chi connectivity index (χ2n) is 6.78. The lowest BCUT2D eigenvalue weighted by atomic mass is 10.0. The molecule has 0 saturated heterocycles. The Hall–Kier alpha value is -4.64. The second kappa shape index (κ2) is 9.66. The van der Waals surface area contributed by atoms with Crippen LogP contribution in [-0.4, -0.2) is 38.6 Å². The Labute approximate surface area is 188 Å². The molecule has 0 radical (unpaired) electrons. The van der Waals surface area contributed by atoms with Crippen LogP contribution in [0.2, 0.25) is 0 Å². The highest BCUT2D eigenvalue weighted by Crippen LogP contribution is 2.34. The molecule has 11 nitrogen and oxygen atoms in total. The van der Waals surface area contributed by atoms with Crippen molar-refractivity contribution in [1.82, 2.24) is 30.9 Å². The lowest BCUT2D eigenvalue weighted by Crippen LogP contribution is -2.30. The molecule has 5 N–H and O–H groups in total. The van der Waals surface area contributed by atoms with E-state index in [0.717, 1.165) is 5.56 Å². The van der Waals surface area contributed by atoms with Crippen molar-refractivity contribution in [1.29, 1.82) is 0 Å². The molecule has 0 aliphatic rings. The number of nitrogens with one attached hydrogen (secondary N) is 3. The predicted molar refractivity (Wildman–Crippen MR) is 121 cm³/mol. The minimum absolute atomic E-state index is 0.126. The van der Waals surface area contributed by atoms with Crippen LogP contribution in [0.1, 0.15) is 17.4 Å². The first-order valence-corrected chi connectivity index (χ1v) is 10.0. The maximum atomic E-state index is 12.0. The predicted octanol–water partition coefficient (Wildman–Crippen LogP) is 2.61. The SMILES string of the molecule is CCNC(=O)Nc1cc(-c2nnc(-c3ccccc3)o2)c(-c2ccnc(C(=O)NN)c2)cn1. The summed E-state index contributed by atoms with van der Waals surface area (Å²) in [4.78, 5) is 32.3. The number of pyridine rings is 2. The van der Waals surface area contributed by atoms with Crippen molar-refractivity contribution >= 4 is 17.8 Å². The highest BCUT2D eigenvalue weighted by Gasteiger charge is 2.18. The topological polar surface area (TPSA) is 161 Å². The first-order chi connectivity index (χ1) is 16.1. The summed E-state index contributed by atoms with van der Waals surface area (Å²) in [5, 5.41) is 13.6. The zero-order valence-electron chi connectivity index (χ0n) is 17.6. The number of nitrogens with zero attached hydrogens (tertiary/aromatic N) is 4. The summed E-state index contributed by atoms with van der Waals surface area (Å²) in [5.41, 5.74) is 4.67. The summed E-state index contributed by atoms with van der Waals surface area (Å²) in [7, 11) is 0. The van der Waals surface area contributed by atoms with Gasteiger partial charge in [-0.25, -0.2) is 15.6 Å².